The lowest BCUT2D eigenvalue weighted by Gasteiger charge is -2.08. The molecule has 0 fully saturated rings. The minimum atomic E-state index is 0.479. The van der Waals surface area contributed by atoms with Crippen LogP contribution in [-0.4, -0.2) is 24.5 Å². The van der Waals surface area contributed by atoms with Crippen LogP contribution < -0.4 is 5.32 Å². The Morgan fingerprint density at radius 3 is 2.67 bits per heavy atom. The molecule has 9 heteroatoms. The molecule has 3 aromatic heterocycles. The maximum atomic E-state index is 6.61. The van der Waals surface area contributed by atoms with Crippen LogP contribution in [0.25, 0.3) is 5.82 Å². The van der Waals surface area contributed by atoms with Crippen molar-refractivity contribution < 1.29 is 0 Å². The molecular formula is C21H19Cl3N6. The van der Waals surface area contributed by atoms with E-state index in [2.05, 4.69) is 20.5 Å². The Labute approximate surface area is 189 Å². The van der Waals surface area contributed by atoms with Crippen molar-refractivity contribution in [3.63, 3.8) is 0 Å². The van der Waals surface area contributed by atoms with Gasteiger partial charge in [-0.15, -0.1) is 0 Å². The third-order valence-corrected chi connectivity index (χ3v) is 5.71. The molecule has 154 valence electrons. The van der Waals surface area contributed by atoms with Gasteiger partial charge in [-0.1, -0.05) is 40.9 Å². The molecule has 0 unspecified atom stereocenters. The SMILES string of the molecule is Cc1nn(Cc2ccc(Cl)cc2Cl)c(Cl)c1CNCc1ccnc(-n2cccn2)c1. The number of aromatic nitrogens is 5. The summed E-state index contributed by atoms with van der Waals surface area (Å²) in [6.07, 6.45) is 5.37. The number of pyridine rings is 1. The molecule has 0 aliphatic rings. The Balaban J connectivity index is 1.42. The third-order valence-electron chi connectivity index (χ3n) is 4.70. The average Bonchev–Trinajstić information content (AvgIpc) is 3.35. The van der Waals surface area contributed by atoms with Gasteiger partial charge in [0, 0.05) is 47.3 Å². The van der Waals surface area contributed by atoms with E-state index in [0.717, 1.165) is 28.2 Å². The molecule has 0 bridgehead atoms. The number of nitrogens with zero attached hydrogens (tertiary/aromatic N) is 5. The molecule has 1 aromatic carbocycles. The number of aryl methyl sites for hydroxylation is 1. The smallest absolute Gasteiger partial charge is 0.153 e. The predicted octanol–water partition coefficient (Wildman–Crippen LogP) is 5.07. The van der Waals surface area contributed by atoms with Crippen molar-refractivity contribution in [2.24, 2.45) is 0 Å². The lowest BCUT2D eigenvalue weighted by molar-refractivity contribution is 0.676. The van der Waals surface area contributed by atoms with Gasteiger partial charge in [-0.3, -0.25) is 0 Å². The highest BCUT2D eigenvalue weighted by molar-refractivity contribution is 6.35. The monoisotopic (exact) mass is 460 g/mol. The van der Waals surface area contributed by atoms with Gasteiger partial charge in [0.2, 0.25) is 0 Å². The topological polar surface area (TPSA) is 60.6 Å². The van der Waals surface area contributed by atoms with Crippen molar-refractivity contribution >= 4 is 34.8 Å². The zero-order valence-corrected chi connectivity index (χ0v) is 18.5. The zero-order chi connectivity index (χ0) is 21.1. The van der Waals surface area contributed by atoms with E-state index in [1.807, 2.05) is 43.5 Å². The summed E-state index contributed by atoms with van der Waals surface area (Å²) in [5.41, 5.74) is 3.85. The van der Waals surface area contributed by atoms with Crippen LogP contribution in [0.5, 0.6) is 0 Å². The Morgan fingerprint density at radius 2 is 1.90 bits per heavy atom. The second kappa shape index (κ2) is 9.18. The predicted molar refractivity (Wildman–Crippen MR) is 119 cm³/mol. The third kappa shape index (κ3) is 4.68. The summed E-state index contributed by atoms with van der Waals surface area (Å²) in [5.74, 6) is 0.779. The van der Waals surface area contributed by atoms with Crippen LogP contribution in [0, 0.1) is 6.92 Å². The van der Waals surface area contributed by atoms with Crippen LogP contribution >= 0.6 is 34.8 Å². The summed E-state index contributed by atoms with van der Waals surface area (Å²) in [5, 5.41) is 14.0. The first-order valence-electron chi connectivity index (χ1n) is 9.32. The van der Waals surface area contributed by atoms with Gasteiger partial charge >= 0.3 is 0 Å². The number of halogens is 3. The van der Waals surface area contributed by atoms with Crippen molar-refractivity contribution in [1.29, 1.82) is 0 Å². The fraction of sp³-hybridized carbons (Fsp3) is 0.190. The number of rotatable bonds is 7. The highest BCUT2D eigenvalue weighted by Crippen LogP contribution is 2.25. The molecule has 0 amide bonds. The standard InChI is InChI=1S/C21H19Cl3N6/c1-14-18(21(24)30(28-14)13-16-3-4-17(22)10-19(16)23)12-25-11-15-5-7-26-20(9-15)29-8-2-6-27-29/h2-10,25H,11-13H2,1H3. The molecule has 4 aromatic rings. The van der Waals surface area contributed by atoms with Crippen molar-refractivity contribution in [3.8, 4) is 5.82 Å². The molecule has 0 aliphatic carbocycles. The molecule has 0 aliphatic heterocycles. The highest BCUT2D eigenvalue weighted by Gasteiger charge is 2.14. The lowest BCUT2D eigenvalue weighted by Crippen LogP contribution is -2.14. The number of benzene rings is 1. The van der Waals surface area contributed by atoms with Crippen LogP contribution in [-0.2, 0) is 19.6 Å². The maximum absolute atomic E-state index is 6.61. The van der Waals surface area contributed by atoms with E-state index in [-0.39, 0.29) is 0 Å². The Kier molecular flexibility index (Phi) is 6.39. The molecule has 0 saturated carbocycles. The van der Waals surface area contributed by atoms with Gasteiger partial charge in [0.15, 0.2) is 5.82 Å². The quantitative estimate of drug-likeness (QED) is 0.417. The minimum Gasteiger partial charge on any atom is -0.308 e. The van der Waals surface area contributed by atoms with Crippen molar-refractivity contribution in [2.45, 2.75) is 26.6 Å². The first kappa shape index (κ1) is 20.9. The Bertz CT molecular complexity index is 1150. The van der Waals surface area contributed by atoms with Crippen LogP contribution in [0.2, 0.25) is 15.2 Å². The summed E-state index contributed by atoms with van der Waals surface area (Å²) in [7, 11) is 0. The molecule has 6 nitrogen and oxygen atoms in total. The van der Waals surface area contributed by atoms with Gasteiger partial charge in [0.25, 0.3) is 0 Å². The van der Waals surface area contributed by atoms with Gasteiger partial charge in [0.05, 0.1) is 12.2 Å². The zero-order valence-electron chi connectivity index (χ0n) is 16.2. The number of hydrogen-bond donors (Lipinski definition) is 1. The van der Waals surface area contributed by atoms with Crippen LogP contribution in [0.1, 0.15) is 22.4 Å². The summed E-state index contributed by atoms with van der Waals surface area (Å²) in [6, 6.07) is 11.3. The maximum Gasteiger partial charge on any atom is 0.153 e. The fourth-order valence-corrected chi connectivity index (χ4v) is 3.91. The van der Waals surface area contributed by atoms with Gasteiger partial charge < -0.3 is 5.32 Å². The second-order valence-corrected chi connectivity index (χ2v) is 8.03. The van der Waals surface area contributed by atoms with Crippen LogP contribution in [0.4, 0.5) is 0 Å². The molecule has 1 N–H and O–H groups in total. The van der Waals surface area contributed by atoms with E-state index >= 15 is 0 Å². The van der Waals surface area contributed by atoms with Gasteiger partial charge in [0.1, 0.15) is 5.15 Å². The molecule has 0 spiro atoms. The largest absolute Gasteiger partial charge is 0.308 e. The number of nitrogens with one attached hydrogen (secondary N) is 1. The minimum absolute atomic E-state index is 0.479. The molecule has 0 atom stereocenters. The molecule has 0 saturated heterocycles. The van der Waals surface area contributed by atoms with Crippen molar-refractivity contribution in [1.82, 2.24) is 29.9 Å². The second-order valence-electron chi connectivity index (χ2n) is 6.82. The normalized spacial score (nSPS) is 11.2. The fourth-order valence-electron chi connectivity index (χ4n) is 3.14. The molecule has 4 rings (SSSR count). The summed E-state index contributed by atoms with van der Waals surface area (Å²) in [6.45, 7) is 3.69. The van der Waals surface area contributed by atoms with Crippen LogP contribution in [0.3, 0.4) is 0 Å². The lowest BCUT2D eigenvalue weighted by atomic mass is 10.2. The first-order chi connectivity index (χ1) is 14.5. The average molecular weight is 462 g/mol. The van der Waals surface area contributed by atoms with Crippen LogP contribution in [0.15, 0.2) is 55.0 Å². The van der Waals surface area contributed by atoms with E-state index < -0.39 is 0 Å². The summed E-state index contributed by atoms with van der Waals surface area (Å²) >= 11 is 18.9. The Hall–Kier alpha value is -2.38. The number of hydrogen-bond acceptors (Lipinski definition) is 4. The van der Waals surface area contributed by atoms with E-state index in [1.165, 1.54) is 0 Å². The highest BCUT2D eigenvalue weighted by atomic mass is 35.5. The van der Waals surface area contributed by atoms with E-state index in [9.17, 15) is 0 Å². The molecular weight excluding hydrogens is 443 g/mol. The first-order valence-corrected chi connectivity index (χ1v) is 10.5. The van der Waals surface area contributed by atoms with E-state index in [0.29, 0.717) is 34.8 Å². The molecule has 3 heterocycles. The molecule has 30 heavy (non-hydrogen) atoms. The van der Waals surface area contributed by atoms with Gasteiger partial charge in [-0.25, -0.2) is 14.3 Å². The molecule has 0 radical (unpaired) electrons. The van der Waals surface area contributed by atoms with Crippen molar-refractivity contribution in [3.05, 3.63) is 92.6 Å². The summed E-state index contributed by atoms with van der Waals surface area (Å²) < 4.78 is 3.49. The Morgan fingerprint density at radius 1 is 1.03 bits per heavy atom. The van der Waals surface area contributed by atoms with E-state index in [1.54, 1.807) is 27.8 Å². The van der Waals surface area contributed by atoms with Gasteiger partial charge in [-0.05, 0) is 48.4 Å². The van der Waals surface area contributed by atoms with Crippen molar-refractivity contribution in [2.75, 3.05) is 0 Å². The van der Waals surface area contributed by atoms with E-state index in [4.69, 9.17) is 34.8 Å². The summed E-state index contributed by atoms with van der Waals surface area (Å²) in [4.78, 5) is 4.35. The van der Waals surface area contributed by atoms with Gasteiger partial charge in [-0.2, -0.15) is 10.2 Å².